The Labute approximate surface area is 147 Å². The van der Waals surface area contributed by atoms with Crippen LogP contribution in [-0.2, 0) is 27.9 Å². The summed E-state index contributed by atoms with van der Waals surface area (Å²) in [6.45, 7) is 2.34. The van der Waals surface area contributed by atoms with Gasteiger partial charge in [0.1, 0.15) is 5.78 Å². The summed E-state index contributed by atoms with van der Waals surface area (Å²) < 4.78 is 1.65. The van der Waals surface area contributed by atoms with Gasteiger partial charge in [-0.25, -0.2) is 0 Å². The summed E-state index contributed by atoms with van der Waals surface area (Å²) in [5.41, 5.74) is 0.852. The molecule has 2 aliphatic rings. The minimum absolute atomic E-state index is 0.0350. The van der Waals surface area contributed by atoms with Crippen molar-refractivity contribution in [2.45, 2.75) is 51.9 Å². The van der Waals surface area contributed by atoms with Gasteiger partial charge in [-0.05, 0) is 31.6 Å². The maximum absolute atomic E-state index is 12.4. The van der Waals surface area contributed by atoms with E-state index in [1.54, 1.807) is 4.68 Å². The zero-order valence-corrected chi connectivity index (χ0v) is 15.0. The van der Waals surface area contributed by atoms with Crippen molar-refractivity contribution >= 4 is 17.6 Å². The van der Waals surface area contributed by atoms with Crippen molar-refractivity contribution in [3.63, 3.8) is 0 Å². The lowest BCUT2D eigenvalue weighted by Crippen LogP contribution is -2.36. The molecule has 2 amide bonds. The van der Waals surface area contributed by atoms with E-state index < -0.39 is 0 Å². The third-order valence-corrected chi connectivity index (χ3v) is 5.49. The van der Waals surface area contributed by atoms with E-state index in [-0.39, 0.29) is 23.7 Å². The Hall–Kier alpha value is -2.05. The van der Waals surface area contributed by atoms with E-state index in [1.807, 2.05) is 20.2 Å². The Morgan fingerprint density at radius 2 is 1.96 bits per heavy atom. The van der Waals surface area contributed by atoms with Crippen molar-refractivity contribution in [1.82, 2.24) is 19.9 Å². The van der Waals surface area contributed by atoms with E-state index in [9.17, 15) is 14.4 Å². The highest BCUT2D eigenvalue weighted by atomic mass is 16.2. The number of carbonyl (C=O) groups excluding carboxylic acids is 3. The van der Waals surface area contributed by atoms with Crippen LogP contribution >= 0.6 is 0 Å². The number of carbonyl (C=O) groups is 3. The summed E-state index contributed by atoms with van der Waals surface area (Å²) in [6.07, 6.45) is 6.87. The molecule has 1 aromatic rings. The number of hydrogen-bond donors (Lipinski definition) is 0. The van der Waals surface area contributed by atoms with Gasteiger partial charge in [0.15, 0.2) is 0 Å². The molecule has 2 fully saturated rings. The fraction of sp³-hybridized carbons (Fsp3) is 0.722. The van der Waals surface area contributed by atoms with Gasteiger partial charge in [-0.15, -0.1) is 5.10 Å². The second-order valence-corrected chi connectivity index (χ2v) is 7.52. The van der Waals surface area contributed by atoms with Gasteiger partial charge in [-0.1, -0.05) is 12.1 Å². The Kier molecular flexibility index (Phi) is 5.30. The Morgan fingerprint density at radius 1 is 1.24 bits per heavy atom. The highest BCUT2D eigenvalue weighted by molar-refractivity contribution is 6.03. The van der Waals surface area contributed by atoms with Crippen LogP contribution in [0.5, 0.6) is 0 Å². The normalized spacial score (nSPS) is 27.1. The van der Waals surface area contributed by atoms with Gasteiger partial charge in [0.25, 0.3) is 0 Å². The fourth-order valence-electron chi connectivity index (χ4n) is 3.93. The second-order valence-electron chi connectivity index (χ2n) is 7.52. The minimum Gasteiger partial charge on any atom is -0.299 e. The largest absolute Gasteiger partial charge is 0.299 e. The molecule has 1 atom stereocenters. The molecule has 7 nitrogen and oxygen atoms in total. The molecular weight excluding hydrogens is 320 g/mol. The summed E-state index contributed by atoms with van der Waals surface area (Å²) in [4.78, 5) is 37.8. The van der Waals surface area contributed by atoms with E-state index in [2.05, 4.69) is 10.3 Å². The van der Waals surface area contributed by atoms with Gasteiger partial charge < -0.3 is 0 Å². The van der Waals surface area contributed by atoms with Crippen molar-refractivity contribution in [2.24, 2.45) is 24.8 Å². The molecule has 25 heavy (non-hydrogen) atoms. The van der Waals surface area contributed by atoms with Crippen LogP contribution in [0.4, 0.5) is 0 Å². The number of rotatable bonds is 6. The SMILES string of the molecule is CC1CC(=O)N(CC2CCC(C(=O)CCc3cn(C)nn3)CC2)C1=O. The minimum atomic E-state index is -0.175. The molecule has 0 aromatic carbocycles. The smallest absolute Gasteiger partial charge is 0.232 e. The summed E-state index contributed by atoms with van der Waals surface area (Å²) in [7, 11) is 1.82. The van der Waals surface area contributed by atoms with E-state index in [1.165, 1.54) is 4.90 Å². The third-order valence-electron chi connectivity index (χ3n) is 5.49. The first kappa shape index (κ1) is 17.8. The number of amides is 2. The van der Waals surface area contributed by atoms with Crippen molar-refractivity contribution in [3.8, 4) is 0 Å². The maximum atomic E-state index is 12.4. The third kappa shape index (κ3) is 4.14. The number of Topliss-reactive ketones (excluding diaryl/α,β-unsaturated/α-hetero) is 1. The van der Waals surface area contributed by atoms with E-state index in [0.29, 0.717) is 37.5 Å². The molecule has 0 radical (unpaired) electrons. The van der Waals surface area contributed by atoms with Crippen LogP contribution in [0.1, 0.15) is 51.1 Å². The molecule has 1 unspecified atom stereocenters. The van der Waals surface area contributed by atoms with Crippen LogP contribution in [-0.4, -0.2) is 44.0 Å². The Morgan fingerprint density at radius 3 is 2.52 bits per heavy atom. The average molecular weight is 346 g/mol. The van der Waals surface area contributed by atoms with Crippen LogP contribution in [0.3, 0.4) is 0 Å². The number of aryl methyl sites for hydroxylation is 2. The zero-order chi connectivity index (χ0) is 18.0. The number of nitrogens with zero attached hydrogens (tertiary/aromatic N) is 4. The number of likely N-dealkylation sites (tertiary alicyclic amines) is 1. The molecule has 1 aromatic heterocycles. The average Bonchev–Trinajstić information content (AvgIpc) is 3.11. The van der Waals surface area contributed by atoms with Gasteiger partial charge in [0.05, 0.1) is 5.69 Å². The van der Waals surface area contributed by atoms with Gasteiger partial charge in [-0.3, -0.25) is 24.0 Å². The number of hydrogen-bond acceptors (Lipinski definition) is 5. The lowest BCUT2D eigenvalue weighted by molar-refractivity contribution is -0.140. The molecule has 0 spiro atoms. The number of aromatic nitrogens is 3. The Balaban J connectivity index is 1.43. The lowest BCUT2D eigenvalue weighted by atomic mass is 9.79. The quantitative estimate of drug-likeness (QED) is 0.729. The highest BCUT2D eigenvalue weighted by Gasteiger charge is 2.37. The number of imide groups is 1. The molecule has 7 heteroatoms. The molecule has 1 saturated carbocycles. The monoisotopic (exact) mass is 346 g/mol. The summed E-state index contributed by atoms with van der Waals surface area (Å²) in [5, 5.41) is 7.89. The molecule has 1 saturated heterocycles. The maximum Gasteiger partial charge on any atom is 0.232 e. The molecule has 1 aliphatic heterocycles. The van der Waals surface area contributed by atoms with Crippen molar-refractivity contribution in [2.75, 3.05) is 6.54 Å². The predicted molar refractivity (Wildman–Crippen MR) is 90.3 cm³/mol. The van der Waals surface area contributed by atoms with Crippen LogP contribution < -0.4 is 0 Å². The summed E-state index contributed by atoms with van der Waals surface area (Å²) in [6, 6.07) is 0. The first-order valence-electron chi connectivity index (χ1n) is 9.16. The fourth-order valence-corrected chi connectivity index (χ4v) is 3.93. The van der Waals surface area contributed by atoms with E-state index in [4.69, 9.17) is 0 Å². The highest BCUT2D eigenvalue weighted by Crippen LogP contribution is 2.32. The van der Waals surface area contributed by atoms with Gasteiger partial charge in [0, 0.05) is 50.9 Å². The molecule has 1 aliphatic carbocycles. The standard InChI is InChI=1S/C18H26N4O3/c1-12-9-17(24)22(18(12)25)10-13-3-5-14(6-4-13)16(23)8-7-15-11-21(2)20-19-15/h11-14H,3-10H2,1-2H3. The zero-order valence-electron chi connectivity index (χ0n) is 15.0. The summed E-state index contributed by atoms with van der Waals surface area (Å²) in [5.74, 6) is 0.489. The molecule has 0 N–H and O–H groups in total. The van der Waals surface area contributed by atoms with Crippen LogP contribution in [0.25, 0.3) is 0 Å². The van der Waals surface area contributed by atoms with Crippen molar-refractivity contribution < 1.29 is 14.4 Å². The van der Waals surface area contributed by atoms with Crippen molar-refractivity contribution in [3.05, 3.63) is 11.9 Å². The van der Waals surface area contributed by atoms with Crippen LogP contribution in [0, 0.1) is 17.8 Å². The topological polar surface area (TPSA) is 85.2 Å². The first-order valence-corrected chi connectivity index (χ1v) is 9.16. The first-order chi connectivity index (χ1) is 11.9. The lowest BCUT2D eigenvalue weighted by Gasteiger charge is -2.30. The molecule has 0 bridgehead atoms. The van der Waals surface area contributed by atoms with Crippen molar-refractivity contribution in [1.29, 1.82) is 0 Å². The molecule has 2 heterocycles. The predicted octanol–water partition coefficient (Wildman–Crippen LogP) is 1.52. The van der Waals surface area contributed by atoms with Gasteiger partial charge in [0.2, 0.25) is 11.8 Å². The Bertz CT molecular complexity index is 661. The van der Waals surface area contributed by atoms with E-state index in [0.717, 1.165) is 31.4 Å². The van der Waals surface area contributed by atoms with Gasteiger partial charge in [-0.2, -0.15) is 0 Å². The molecular formula is C18H26N4O3. The molecule has 3 rings (SSSR count). The number of ketones is 1. The van der Waals surface area contributed by atoms with Crippen LogP contribution in [0.15, 0.2) is 6.20 Å². The van der Waals surface area contributed by atoms with Crippen LogP contribution in [0.2, 0.25) is 0 Å². The second kappa shape index (κ2) is 7.45. The van der Waals surface area contributed by atoms with Gasteiger partial charge >= 0.3 is 0 Å². The summed E-state index contributed by atoms with van der Waals surface area (Å²) >= 11 is 0. The van der Waals surface area contributed by atoms with E-state index >= 15 is 0 Å². The molecule has 136 valence electrons.